The number of aliphatic hydroxyl groups is 1. The highest BCUT2D eigenvalue weighted by molar-refractivity contribution is 5.79. The summed E-state index contributed by atoms with van der Waals surface area (Å²) in [5, 5.41) is 20.9. The monoisotopic (exact) mass is 480 g/mol. The maximum atomic E-state index is 13.4. The molecule has 6 rings (SSSR count). The van der Waals surface area contributed by atoms with E-state index >= 15 is 0 Å². The average molecular weight is 481 g/mol. The number of fused-ring (bicyclic) bond motifs is 5. The summed E-state index contributed by atoms with van der Waals surface area (Å²) in [6.45, 7) is 2.90. The number of morpholine rings is 1. The predicted molar refractivity (Wildman–Crippen MR) is 134 cm³/mol. The molecule has 0 aromatic heterocycles. The van der Waals surface area contributed by atoms with Crippen LogP contribution in [0.3, 0.4) is 0 Å². The zero-order valence-electron chi connectivity index (χ0n) is 20.2. The standard InChI is InChI=1S/C30H28N2O4/c1-19-12-20(15-31)10-11-28(19)30(34)13-21-16-35-17-22(14-30)32(21)29(33)36-18-27-25-8-4-2-6-23(25)24-7-3-5-9-26(24)27/h2-12,21-22,27,34H,13-14,16-18H2,1H3. The van der Waals surface area contributed by atoms with Crippen LogP contribution >= 0.6 is 0 Å². The first-order valence-electron chi connectivity index (χ1n) is 12.4. The van der Waals surface area contributed by atoms with E-state index < -0.39 is 5.60 Å². The van der Waals surface area contributed by atoms with Crippen molar-refractivity contribution in [3.63, 3.8) is 0 Å². The van der Waals surface area contributed by atoms with Crippen LogP contribution in [-0.2, 0) is 15.1 Å². The lowest BCUT2D eigenvalue weighted by atomic mass is 9.75. The molecule has 3 aliphatic rings. The summed E-state index contributed by atoms with van der Waals surface area (Å²) in [6.07, 6.45) is 0.370. The summed E-state index contributed by atoms with van der Waals surface area (Å²) in [6, 6.07) is 23.5. The van der Waals surface area contributed by atoms with Crippen LogP contribution in [0.4, 0.5) is 4.79 Å². The van der Waals surface area contributed by atoms with E-state index in [-0.39, 0.29) is 30.7 Å². The molecule has 3 aromatic carbocycles. The Morgan fingerprint density at radius 2 is 1.67 bits per heavy atom. The molecule has 0 saturated carbocycles. The van der Waals surface area contributed by atoms with E-state index in [1.807, 2.05) is 37.3 Å². The van der Waals surface area contributed by atoms with Gasteiger partial charge in [-0.2, -0.15) is 5.26 Å². The van der Waals surface area contributed by atoms with E-state index in [4.69, 9.17) is 9.47 Å². The van der Waals surface area contributed by atoms with Gasteiger partial charge >= 0.3 is 6.09 Å². The second-order valence-electron chi connectivity index (χ2n) is 10.1. The number of hydrogen-bond donors (Lipinski definition) is 1. The zero-order valence-corrected chi connectivity index (χ0v) is 20.2. The first-order chi connectivity index (χ1) is 17.5. The third-order valence-corrected chi connectivity index (χ3v) is 7.96. The van der Waals surface area contributed by atoms with Crippen LogP contribution in [0.25, 0.3) is 11.1 Å². The first kappa shape index (κ1) is 22.8. The molecule has 1 amide bonds. The smallest absolute Gasteiger partial charge is 0.410 e. The Morgan fingerprint density at radius 3 is 2.25 bits per heavy atom. The molecule has 0 radical (unpaired) electrons. The summed E-state index contributed by atoms with van der Waals surface area (Å²) >= 11 is 0. The fourth-order valence-electron chi connectivity index (χ4n) is 6.42. The van der Waals surface area contributed by atoms with Crippen molar-refractivity contribution >= 4 is 6.09 Å². The number of ether oxygens (including phenoxy) is 2. The number of nitrogens with zero attached hydrogens (tertiary/aromatic N) is 2. The molecule has 2 aliphatic heterocycles. The topological polar surface area (TPSA) is 82.8 Å². The van der Waals surface area contributed by atoms with Crippen molar-refractivity contribution in [3.05, 3.63) is 94.5 Å². The van der Waals surface area contributed by atoms with Gasteiger partial charge in [-0.25, -0.2) is 4.79 Å². The van der Waals surface area contributed by atoms with Gasteiger partial charge in [0.1, 0.15) is 6.61 Å². The number of amides is 1. The summed E-state index contributed by atoms with van der Waals surface area (Å²) in [5.74, 6) is 0.000428. The van der Waals surface area contributed by atoms with Crippen LogP contribution in [0.15, 0.2) is 66.7 Å². The maximum absolute atomic E-state index is 13.4. The quantitative estimate of drug-likeness (QED) is 0.579. The van der Waals surface area contributed by atoms with Gasteiger partial charge in [0, 0.05) is 18.8 Å². The van der Waals surface area contributed by atoms with Crippen molar-refractivity contribution in [3.8, 4) is 17.2 Å². The van der Waals surface area contributed by atoms with Crippen LogP contribution in [0.1, 0.15) is 46.6 Å². The molecule has 2 bridgehead atoms. The Morgan fingerprint density at radius 1 is 1.06 bits per heavy atom. The van der Waals surface area contributed by atoms with Crippen LogP contribution in [-0.4, -0.2) is 48.0 Å². The van der Waals surface area contributed by atoms with E-state index in [2.05, 4.69) is 30.3 Å². The number of piperidine rings is 1. The molecule has 1 N–H and O–H groups in total. The lowest BCUT2D eigenvalue weighted by Gasteiger charge is -2.51. The van der Waals surface area contributed by atoms with Gasteiger partial charge in [0.2, 0.25) is 0 Å². The van der Waals surface area contributed by atoms with Crippen molar-refractivity contribution < 1.29 is 19.4 Å². The maximum Gasteiger partial charge on any atom is 0.410 e. The third-order valence-electron chi connectivity index (χ3n) is 7.96. The van der Waals surface area contributed by atoms with Gasteiger partial charge in [-0.3, -0.25) is 4.90 Å². The van der Waals surface area contributed by atoms with E-state index in [9.17, 15) is 15.2 Å². The minimum absolute atomic E-state index is 0.000428. The molecule has 1 aliphatic carbocycles. The Hall–Kier alpha value is -3.66. The van der Waals surface area contributed by atoms with Gasteiger partial charge in [-0.05, 0) is 52.4 Å². The van der Waals surface area contributed by atoms with Crippen molar-refractivity contribution in [1.29, 1.82) is 5.26 Å². The lowest BCUT2D eigenvalue weighted by molar-refractivity contribution is -0.136. The van der Waals surface area contributed by atoms with Crippen molar-refractivity contribution in [2.75, 3.05) is 19.8 Å². The first-order valence-corrected chi connectivity index (χ1v) is 12.4. The third kappa shape index (κ3) is 3.67. The molecular weight excluding hydrogens is 452 g/mol. The van der Waals surface area contributed by atoms with Crippen LogP contribution in [0.5, 0.6) is 0 Å². The van der Waals surface area contributed by atoms with E-state index in [1.54, 1.807) is 17.0 Å². The van der Waals surface area contributed by atoms with Crippen molar-refractivity contribution in [2.24, 2.45) is 0 Å². The number of benzene rings is 3. The Bertz CT molecular complexity index is 1320. The SMILES string of the molecule is Cc1cc(C#N)ccc1C1(O)CC2COCC(C1)N2C(=O)OCC1c2ccccc2-c2ccccc21. The van der Waals surface area contributed by atoms with Gasteiger partial charge < -0.3 is 14.6 Å². The fraction of sp³-hybridized carbons (Fsp3) is 0.333. The molecular formula is C30H28N2O4. The predicted octanol–water partition coefficient (Wildman–Crippen LogP) is 4.87. The van der Waals surface area contributed by atoms with Gasteiger partial charge in [-0.1, -0.05) is 54.6 Å². The lowest BCUT2D eigenvalue weighted by Crippen LogP contribution is -2.62. The summed E-state index contributed by atoms with van der Waals surface area (Å²) in [7, 11) is 0. The number of nitriles is 1. The number of carbonyl (C=O) groups is 1. The summed E-state index contributed by atoms with van der Waals surface area (Å²) in [5.41, 5.74) is 5.92. The van der Waals surface area contributed by atoms with Crippen LogP contribution in [0, 0.1) is 18.3 Å². The number of rotatable bonds is 3. The van der Waals surface area contributed by atoms with Crippen molar-refractivity contribution in [2.45, 2.75) is 43.4 Å². The van der Waals surface area contributed by atoms with E-state index in [0.29, 0.717) is 31.6 Å². The van der Waals surface area contributed by atoms with Gasteiger partial charge in [0.15, 0.2) is 0 Å². The highest BCUT2D eigenvalue weighted by Gasteiger charge is 2.50. The Balaban J connectivity index is 1.21. The van der Waals surface area contributed by atoms with Crippen molar-refractivity contribution in [1.82, 2.24) is 4.90 Å². The molecule has 6 nitrogen and oxygen atoms in total. The highest BCUT2D eigenvalue weighted by Crippen LogP contribution is 2.45. The van der Waals surface area contributed by atoms with E-state index in [0.717, 1.165) is 11.1 Å². The van der Waals surface area contributed by atoms with Crippen LogP contribution < -0.4 is 0 Å². The average Bonchev–Trinajstić information content (AvgIpc) is 3.20. The second-order valence-corrected chi connectivity index (χ2v) is 10.1. The molecule has 0 spiro atoms. The van der Waals surface area contributed by atoms with Gasteiger partial charge in [0.25, 0.3) is 0 Å². The number of carbonyl (C=O) groups excluding carboxylic acids is 1. The minimum atomic E-state index is -1.09. The molecule has 6 heteroatoms. The fourth-order valence-corrected chi connectivity index (χ4v) is 6.42. The Kier molecular flexibility index (Phi) is 5.55. The number of aryl methyl sites for hydroxylation is 1. The molecule has 3 aromatic rings. The molecule has 2 heterocycles. The largest absolute Gasteiger partial charge is 0.448 e. The molecule has 2 atom stereocenters. The summed E-state index contributed by atoms with van der Waals surface area (Å²) in [4.78, 5) is 15.2. The normalized spacial score (nSPS) is 24.5. The minimum Gasteiger partial charge on any atom is -0.448 e. The molecule has 182 valence electrons. The molecule has 2 fully saturated rings. The molecule has 36 heavy (non-hydrogen) atoms. The molecule has 2 unspecified atom stereocenters. The van der Waals surface area contributed by atoms with Crippen LogP contribution in [0.2, 0.25) is 0 Å². The Labute approximate surface area is 210 Å². The molecule has 2 saturated heterocycles. The second kappa shape index (κ2) is 8.77. The highest BCUT2D eigenvalue weighted by atomic mass is 16.6. The number of hydrogen-bond acceptors (Lipinski definition) is 5. The zero-order chi connectivity index (χ0) is 24.9. The van der Waals surface area contributed by atoms with Gasteiger partial charge in [-0.15, -0.1) is 0 Å². The summed E-state index contributed by atoms with van der Waals surface area (Å²) < 4.78 is 11.7. The van der Waals surface area contributed by atoms with E-state index in [1.165, 1.54) is 22.3 Å². The van der Waals surface area contributed by atoms with Gasteiger partial charge in [0.05, 0.1) is 42.5 Å².